The van der Waals surface area contributed by atoms with Crippen molar-refractivity contribution < 1.29 is 0 Å². The van der Waals surface area contributed by atoms with Crippen LogP contribution in [0, 0.1) is 0 Å². The summed E-state index contributed by atoms with van der Waals surface area (Å²) in [5.74, 6) is 0.696. The lowest BCUT2D eigenvalue weighted by molar-refractivity contribution is 0.619. The summed E-state index contributed by atoms with van der Waals surface area (Å²) in [7, 11) is 3.64. The van der Waals surface area contributed by atoms with Gasteiger partial charge in [-0.1, -0.05) is 0 Å². The van der Waals surface area contributed by atoms with E-state index in [0.29, 0.717) is 12.4 Å². The summed E-state index contributed by atoms with van der Waals surface area (Å²) in [6, 6.07) is 0. The second kappa shape index (κ2) is 4.18. The van der Waals surface area contributed by atoms with E-state index in [1.54, 1.807) is 11.7 Å². The second-order valence-electron chi connectivity index (χ2n) is 3.32. The SMILES string of the molecule is Cn1cc(CNCc2nnn(C)n2)cn1. The van der Waals surface area contributed by atoms with Crippen LogP contribution in [0.5, 0.6) is 0 Å². The molecule has 0 unspecified atom stereocenters. The maximum Gasteiger partial charge on any atom is 0.188 e. The van der Waals surface area contributed by atoms with Crippen molar-refractivity contribution in [2.24, 2.45) is 14.1 Å². The predicted octanol–water partition coefficient (Wildman–Crippen LogP) is -0.767. The van der Waals surface area contributed by atoms with Crippen LogP contribution in [0.3, 0.4) is 0 Å². The van der Waals surface area contributed by atoms with Gasteiger partial charge in [0, 0.05) is 25.4 Å². The summed E-state index contributed by atoms with van der Waals surface area (Å²) in [5.41, 5.74) is 1.14. The van der Waals surface area contributed by atoms with E-state index in [0.717, 1.165) is 12.1 Å². The molecule has 2 rings (SSSR count). The van der Waals surface area contributed by atoms with E-state index in [1.165, 1.54) is 4.80 Å². The highest BCUT2D eigenvalue weighted by atomic mass is 15.6. The monoisotopic (exact) mass is 207 g/mol. The van der Waals surface area contributed by atoms with Crippen molar-refractivity contribution in [1.29, 1.82) is 0 Å². The molecular weight excluding hydrogens is 194 g/mol. The van der Waals surface area contributed by atoms with Crippen molar-refractivity contribution in [3.05, 3.63) is 23.8 Å². The largest absolute Gasteiger partial charge is 0.305 e. The van der Waals surface area contributed by atoms with Crippen LogP contribution < -0.4 is 5.32 Å². The van der Waals surface area contributed by atoms with Crippen molar-refractivity contribution in [2.75, 3.05) is 0 Å². The lowest BCUT2D eigenvalue weighted by Crippen LogP contribution is -2.13. The van der Waals surface area contributed by atoms with Gasteiger partial charge < -0.3 is 5.32 Å². The summed E-state index contributed by atoms with van der Waals surface area (Å²) >= 11 is 0. The zero-order valence-electron chi connectivity index (χ0n) is 8.75. The molecule has 0 saturated heterocycles. The van der Waals surface area contributed by atoms with E-state index >= 15 is 0 Å². The first-order valence-electron chi connectivity index (χ1n) is 4.65. The van der Waals surface area contributed by atoms with Crippen LogP contribution in [-0.2, 0) is 27.2 Å². The third kappa shape index (κ3) is 2.59. The fraction of sp³-hybridized carbons (Fsp3) is 0.500. The molecule has 7 nitrogen and oxygen atoms in total. The van der Waals surface area contributed by atoms with Crippen LogP contribution >= 0.6 is 0 Å². The molecule has 0 fully saturated rings. The normalized spacial score (nSPS) is 10.8. The van der Waals surface area contributed by atoms with Crippen molar-refractivity contribution in [2.45, 2.75) is 13.1 Å². The van der Waals surface area contributed by atoms with Crippen LogP contribution in [0.1, 0.15) is 11.4 Å². The fourth-order valence-corrected chi connectivity index (χ4v) is 1.28. The number of nitrogens with one attached hydrogen (secondary N) is 1. The first kappa shape index (κ1) is 9.78. The Morgan fingerprint density at radius 2 is 2.20 bits per heavy atom. The van der Waals surface area contributed by atoms with Gasteiger partial charge in [-0.3, -0.25) is 4.68 Å². The van der Waals surface area contributed by atoms with Crippen molar-refractivity contribution in [3.8, 4) is 0 Å². The second-order valence-corrected chi connectivity index (χ2v) is 3.32. The van der Waals surface area contributed by atoms with Gasteiger partial charge in [-0.25, -0.2) is 0 Å². The first-order chi connectivity index (χ1) is 7.24. The Kier molecular flexibility index (Phi) is 2.72. The van der Waals surface area contributed by atoms with E-state index in [9.17, 15) is 0 Å². The lowest BCUT2D eigenvalue weighted by atomic mass is 10.3. The number of aromatic nitrogens is 6. The molecule has 2 aromatic rings. The van der Waals surface area contributed by atoms with Gasteiger partial charge in [-0.2, -0.15) is 9.90 Å². The molecule has 0 aliphatic heterocycles. The molecule has 2 heterocycles. The molecule has 0 aliphatic carbocycles. The molecule has 0 radical (unpaired) electrons. The minimum atomic E-state index is 0.614. The minimum Gasteiger partial charge on any atom is -0.305 e. The highest BCUT2D eigenvalue weighted by Gasteiger charge is 2.00. The molecule has 0 amide bonds. The Labute approximate surface area is 87.1 Å². The first-order valence-corrected chi connectivity index (χ1v) is 4.65. The van der Waals surface area contributed by atoms with Crippen LogP contribution in [0.4, 0.5) is 0 Å². The summed E-state index contributed by atoms with van der Waals surface area (Å²) in [6.07, 6.45) is 3.80. The maximum absolute atomic E-state index is 4.08. The number of tetrazole rings is 1. The summed E-state index contributed by atoms with van der Waals surface area (Å²) in [4.78, 5) is 1.45. The molecule has 1 N–H and O–H groups in total. The smallest absolute Gasteiger partial charge is 0.188 e. The Balaban J connectivity index is 1.80. The molecule has 0 aliphatic rings. The third-order valence-corrected chi connectivity index (χ3v) is 1.92. The van der Waals surface area contributed by atoms with E-state index in [-0.39, 0.29) is 0 Å². The minimum absolute atomic E-state index is 0.614. The molecule has 7 heteroatoms. The van der Waals surface area contributed by atoms with Gasteiger partial charge in [0.15, 0.2) is 5.82 Å². The summed E-state index contributed by atoms with van der Waals surface area (Å²) in [5, 5.41) is 19.0. The molecule has 2 aromatic heterocycles. The molecular formula is C8H13N7. The topological polar surface area (TPSA) is 73.5 Å². The third-order valence-electron chi connectivity index (χ3n) is 1.92. The van der Waals surface area contributed by atoms with E-state index < -0.39 is 0 Å². The van der Waals surface area contributed by atoms with Gasteiger partial charge in [0.25, 0.3) is 0 Å². The number of aryl methyl sites for hydroxylation is 2. The zero-order valence-corrected chi connectivity index (χ0v) is 8.75. The highest BCUT2D eigenvalue weighted by molar-refractivity contribution is 5.02. The van der Waals surface area contributed by atoms with Crippen molar-refractivity contribution in [1.82, 2.24) is 35.3 Å². The maximum atomic E-state index is 4.08. The standard InChI is InChI=1S/C8H13N7/c1-14-6-7(4-10-14)3-9-5-8-11-13-15(2)12-8/h4,6,9H,3,5H2,1-2H3. The Morgan fingerprint density at radius 1 is 1.33 bits per heavy atom. The van der Waals surface area contributed by atoms with Crippen LogP contribution in [-0.4, -0.2) is 30.0 Å². The predicted molar refractivity (Wildman–Crippen MR) is 52.5 cm³/mol. The fourth-order valence-electron chi connectivity index (χ4n) is 1.28. The van der Waals surface area contributed by atoms with Gasteiger partial charge >= 0.3 is 0 Å². The molecule has 80 valence electrons. The number of hydrogen-bond donors (Lipinski definition) is 1. The Bertz CT molecular complexity index is 389. The number of nitrogens with zero attached hydrogens (tertiary/aromatic N) is 6. The van der Waals surface area contributed by atoms with Crippen LogP contribution in [0.15, 0.2) is 12.4 Å². The average Bonchev–Trinajstić information content (AvgIpc) is 2.76. The van der Waals surface area contributed by atoms with E-state index in [1.807, 2.05) is 19.4 Å². The highest BCUT2D eigenvalue weighted by Crippen LogP contribution is 1.95. The van der Waals surface area contributed by atoms with Gasteiger partial charge in [-0.15, -0.1) is 10.2 Å². The van der Waals surface area contributed by atoms with Crippen molar-refractivity contribution >= 4 is 0 Å². The molecule has 0 atom stereocenters. The number of hydrogen-bond acceptors (Lipinski definition) is 5. The molecule has 0 saturated carbocycles. The van der Waals surface area contributed by atoms with E-state index in [4.69, 9.17) is 0 Å². The Morgan fingerprint density at radius 3 is 2.80 bits per heavy atom. The summed E-state index contributed by atoms with van der Waals surface area (Å²) in [6.45, 7) is 1.37. The van der Waals surface area contributed by atoms with Crippen molar-refractivity contribution in [3.63, 3.8) is 0 Å². The Hall–Kier alpha value is -1.76. The van der Waals surface area contributed by atoms with Crippen LogP contribution in [0.2, 0.25) is 0 Å². The van der Waals surface area contributed by atoms with Crippen LogP contribution in [0.25, 0.3) is 0 Å². The van der Waals surface area contributed by atoms with Gasteiger partial charge in [-0.05, 0) is 5.21 Å². The van der Waals surface area contributed by atoms with Gasteiger partial charge in [0.1, 0.15) is 0 Å². The van der Waals surface area contributed by atoms with Gasteiger partial charge in [0.05, 0.1) is 19.8 Å². The number of rotatable bonds is 4. The average molecular weight is 207 g/mol. The zero-order chi connectivity index (χ0) is 10.7. The molecule has 15 heavy (non-hydrogen) atoms. The molecule has 0 bridgehead atoms. The quantitative estimate of drug-likeness (QED) is 0.713. The molecule has 0 spiro atoms. The lowest BCUT2D eigenvalue weighted by Gasteiger charge is -1.97. The van der Waals surface area contributed by atoms with E-state index in [2.05, 4.69) is 25.8 Å². The molecule has 0 aromatic carbocycles. The van der Waals surface area contributed by atoms with Gasteiger partial charge in [0.2, 0.25) is 0 Å². The summed E-state index contributed by atoms with van der Waals surface area (Å²) < 4.78 is 1.78.